The van der Waals surface area contributed by atoms with Gasteiger partial charge in [0.05, 0.1) is 16.8 Å². The highest BCUT2D eigenvalue weighted by Crippen LogP contribution is 2.28. The van der Waals surface area contributed by atoms with E-state index in [0.29, 0.717) is 10.8 Å². The van der Waals surface area contributed by atoms with E-state index in [4.69, 9.17) is 28.7 Å². The van der Waals surface area contributed by atoms with Crippen LogP contribution < -0.4 is 20.6 Å². The number of nitrogens with one attached hydrogen (secondary N) is 2. The van der Waals surface area contributed by atoms with Crippen molar-refractivity contribution in [3.63, 3.8) is 0 Å². The second-order valence-corrected chi connectivity index (χ2v) is 7.78. The third kappa shape index (κ3) is 4.85. The lowest BCUT2D eigenvalue weighted by molar-refractivity contribution is -0.139. The Morgan fingerprint density at radius 2 is 2.00 bits per heavy atom. The molecule has 7 N–H and O–H groups in total. The van der Waals surface area contributed by atoms with E-state index in [2.05, 4.69) is 4.98 Å². The molecule has 150 valence electrons. The molecule has 2 aromatic rings. The molecule has 0 aliphatic carbocycles. The van der Waals surface area contributed by atoms with Gasteiger partial charge in [-0.15, -0.1) is 0 Å². The number of primary amides is 1. The lowest BCUT2D eigenvalue weighted by Crippen LogP contribution is -2.41. The van der Waals surface area contributed by atoms with Gasteiger partial charge >= 0.3 is 5.97 Å². The number of aliphatic carboxylic acids is 1. The molecular weight excluding hydrogens is 412 g/mol. The van der Waals surface area contributed by atoms with E-state index in [1.165, 1.54) is 30.6 Å². The van der Waals surface area contributed by atoms with Crippen LogP contribution in [0.25, 0.3) is 10.8 Å². The number of nitrogens with two attached hydrogens (primary N) is 2. The van der Waals surface area contributed by atoms with Crippen LogP contribution in [0.2, 0.25) is 0 Å². The molecule has 11 nitrogen and oxygen atoms in total. The lowest BCUT2D eigenvalue weighted by atomic mass is 10.1. The van der Waals surface area contributed by atoms with Crippen molar-refractivity contribution in [1.29, 1.82) is 5.41 Å². The number of aromatic nitrogens is 1. The summed E-state index contributed by atoms with van der Waals surface area (Å²) in [5.74, 6) is -2.63. The van der Waals surface area contributed by atoms with Crippen LogP contribution in [0.4, 0.5) is 5.69 Å². The molecule has 1 aromatic heterocycles. The average molecular weight is 429 g/mol. The van der Waals surface area contributed by atoms with Crippen molar-refractivity contribution in [2.75, 3.05) is 4.42 Å². The third-order valence-corrected chi connectivity index (χ3v) is 5.55. The molecule has 0 aliphatic rings. The number of rotatable bonds is 8. The summed E-state index contributed by atoms with van der Waals surface area (Å²) in [6.07, 6.45) is 2.15. The second-order valence-electron chi connectivity index (χ2n) is 5.72. The number of carbonyl (C=O) groups excluding carboxylic acids is 1. The molecule has 13 heteroatoms. The zero-order valence-electron chi connectivity index (χ0n) is 14.3. The quantitative estimate of drug-likeness (QED) is 0.221. The van der Waals surface area contributed by atoms with Crippen molar-refractivity contribution >= 4 is 56.1 Å². The number of carboxylic acid groups (broad SMARTS) is 1. The maximum atomic E-state index is 12.6. The fourth-order valence-corrected chi connectivity index (χ4v) is 3.76. The van der Waals surface area contributed by atoms with Crippen LogP contribution in [0.5, 0.6) is 0 Å². The molecule has 0 saturated heterocycles. The Labute approximate surface area is 164 Å². The number of halogens is 1. The number of carboxylic acids is 1. The summed E-state index contributed by atoms with van der Waals surface area (Å²) >= 11 is 5.92. The summed E-state index contributed by atoms with van der Waals surface area (Å²) in [6, 6.07) is 2.42. The molecule has 1 atom stereocenters. The number of anilines is 1. The molecular formula is C15H17ClN6O5S. The monoisotopic (exact) mass is 428 g/mol. The molecule has 0 aliphatic heterocycles. The number of sulfonamides is 1. The standard InChI is InChI=1S/C15H17ClN6O5S/c16-22(15(18)19)12-7-20-6-8-5-9(1-2-10(8)12)28(26,27)21-11(14(24)25)3-4-13(17)23/h1-2,5-7,11,21H,3-4H2,(H2,17,23)(H3,18,19)(H,24,25)/t11-/m0/s1. The number of guanidine groups is 1. The minimum absolute atomic E-state index is 0.215. The summed E-state index contributed by atoms with van der Waals surface area (Å²) in [4.78, 5) is 25.8. The summed E-state index contributed by atoms with van der Waals surface area (Å²) < 4.78 is 28.0. The van der Waals surface area contributed by atoms with Gasteiger partial charge in [-0.05, 0) is 18.6 Å². The first-order chi connectivity index (χ1) is 13.0. The first-order valence-corrected chi connectivity index (χ1v) is 9.56. The predicted molar refractivity (Wildman–Crippen MR) is 102 cm³/mol. The van der Waals surface area contributed by atoms with Gasteiger partial charge in [0.15, 0.2) is 0 Å². The topological polar surface area (TPSA) is 193 Å². The van der Waals surface area contributed by atoms with Crippen molar-refractivity contribution in [2.45, 2.75) is 23.8 Å². The Morgan fingerprint density at radius 3 is 2.57 bits per heavy atom. The van der Waals surface area contributed by atoms with Crippen LogP contribution in [-0.2, 0) is 19.6 Å². The average Bonchev–Trinajstić information content (AvgIpc) is 2.63. The van der Waals surface area contributed by atoms with Crippen molar-refractivity contribution in [3.8, 4) is 0 Å². The fourth-order valence-electron chi connectivity index (χ4n) is 2.37. The number of benzene rings is 1. The zero-order valence-corrected chi connectivity index (χ0v) is 15.9. The molecule has 0 unspecified atom stereocenters. The number of hydrogen-bond acceptors (Lipinski definition) is 6. The molecule has 0 saturated carbocycles. The maximum absolute atomic E-state index is 12.6. The third-order valence-electron chi connectivity index (χ3n) is 3.72. The molecule has 1 amide bonds. The summed E-state index contributed by atoms with van der Waals surface area (Å²) in [5.41, 5.74) is 10.6. The van der Waals surface area contributed by atoms with Crippen LogP contribution in [-0.4, -0.2) is 42.4 Å². The number of fused-ring (bicyclic) bond motifs is 1. The SMILES string of the molecule is N=C(N)N(Cl)c1cncc2cc(S(=O)(=O)N[C@@H](CCC(N)=O)C(=O)O)ccc12. The Balaban J connectivity index is 2.39. The molecule has 0 radical (unpaired) electrons. The van der Waals surface area contributed by atoms with Gasteiger partial charge in [-0.1, -0.05) is 6.07 Å². The Bertz CT molecular complexity index is 1040. The van der Waals surface area contributed by atoms with Crippen molar-refractivity contribution in [2.24, 2.45) is 11.5 Å². The zero-order chi connectivity index (χ0) is 21.1. The fraction of sp³-hybridized carbons (Fsp3) is 0.200. The van der Waals surface area contributed by atoms with E-state index < -0.39 is 33.9 Å². The molecule has 2 rings (SSSR count). The summed E-state index contributed by atoms with van der Waals surface area (Å²) in [7, 11) is -4.22. The second kappa shape index (κ2) is 8.37. The van der Waals surface area contributed by atoms with Crippen molar-refractivity contribution in [1.82, 2.24) is 9.71 Å². The van der Waals surface area contributed by atoms with Crippen LogP contribution in [0.1, 0.15) is 12.8 Å². The largest absolute Gasteiger partial charge is 0.480 e. The maximum Gasteiger partial charge on any atom is 0.321 e. The van der Waals surface area contributed by atoms with Crippen LogP contribution >= 0.6 is 11.8 Å². The number of carbonyl (C=O) groups is 2. The van der Waals surface area contributed by atoms with Gasteiger partial charge in [0.2, 0.25) is 21.9 Å². The van der Waals surface area contributed by atoms with Crippen molar-refractivity contribution in [3.05, 3.63) is 30.6 Å². The van der Waals surface area contributed by atoms with Gasteiger partial charge in [-0.3, -0.25) is 20.0 Å². The number of hydrogen-bond donors (Lipinski definition) is 5. The van der Waals surface area contributed by atoms with E-state index in [1.807, 2.05) is 4.72 Å². The first-order valence-electron chi connectivity index (χ1n) is 7.74. The van der Waals surface area contributed by atoms with Gasteiger partial charge in [0.1, 0.15) is 6.04 Å². The number of nitrogens with zero attached hydrogens (tertiary/aromatic N) is 2. The molecule has 28 heavy (non-hydrogen) atoms. The Morgan fingerprint density at radius 1 is 1.32 bits per heavy atom. The highest BCUT2D eigenvalue weighted by Gasteiger charge is 2.26. The van der Waals surface area contributed by atoms with Gasteiger partial charge in [0, 0.05) is 35.2 Å². The van der Waals surface area contributed by atoms with Crippen molar-refractivity contribution < 1.29 is 23.1 Å². The van der Waals surface area contributed by atoms with Gasteiger partial charge in [0.25, 0.3) is 0 Å². The van der Waals surface area contributed by atoms with E-state index in [-0.39, 0.29) is 23.4 Å². The van der Waals surface area contributed by atoms with Crippen LogP contribution in [0.15, 0.2) is 35.5 Å². The first kappa shape index (κ1) is 21.3. The normalized spacial score (nSPS) is 12.5. The summed E-state index contributed by atoms with van der Waals surface area (Å²) in [6.45, 7) is 0. The van der Waals surface area contributed by atoms with Gasteiger partial charge in [-0.2, -0.15) is 4.72 Å². The minimum atomic E-state index is -4.22. The summed E-state index contributed by atoms with van der Waals surface area (Å²) in [5, 5.41) is 17.4. The molecule has 1 aromatic carbocycles. The highest BCUT2D eigenvalue weighted by molar-refractivity contribution is 7.89. The number of pyridine rings is 1. The Hall–Kier alpha value is -2.96. The molecule has 1 heterocycles. The highest BCUT2D eigenvalue weighted by atomic mass is 35.5. The minimum Gasteiger partial charge on any atom is -0.480 e. The molecule has 0 fully saturated rings. The Kier molecular flexibility index (Phi) is 6.38. The van der Waals surface area contributed by atoms with E-state index in [9.17, 15) is 23.1 Å². The van der Waals surface area contributed by atoms with Crippen LogP contribution in [0.3, 0.4) is 0 Å². The lowest BCUT2D eigenvalue weighted by Gasteiger charge is -2.16. The van der Waals surface area contributed by atoms with E-state index >= 15 is 0 Å². The number of amides is 1. The van der Waals surface area contributed by atoms with Gasteiger partial charge < -0.3 is 16.6 Å². The smallest absolute Gasteiger partial charge is 0.321 e. The van der Waals surface area contributed by atoms with E-state index in [0.717, 1.165) is 4.42 Å². The molecule has 0 spiro atoms. The van der Waals surface area contributed by atoms with Gasteiger partial charge in [-0.25, -0.2) is 12.8 Å². The van der Waals surface area contributed by atoms with E-state index in [1.54, 1.807) is 0 Å². The molecule has 0 bridgehead atoms. The van der Waals surface area contributed by atoms with Crippen LogP contribution in [0, 0.1) is 5.41 Å². The predicted octanol–water partition coefficient (Wildman–Crippen LogP) is 0.0855.